The van der Waals surface area contributed by atoms with Gasteiger partial charge in [0.15, 0.2) is 0 Å². The fraction of sp³-hybridized carbons (Fsp3) is 0.517. The van der Waals surface area contributed by atoms with Crippen molar-refractivity contribution in [1.82, 2.24) is 4.90 Å². The van der Waals surface area contributed by atoms with E-state index in [1.54, 1.807) is 30.3 Å². The Labute approximate surface area is 210 Å². The molecule has 0 saturated carbocycles. The fourth-order valence-corrected chi connectivity index (χ4v) is 4.39. The molecule has 1 heterocycles. The van der Waals surface area contributed by atoms with Crippen LogP contribution in [0.3, 0.4) is 0 Å². The van der Waals surface area contributed by atoms with Gasteiger partial charge in [0.05, 0.1) is 51.9 Å². The van der Waals surface area contributed by atoms with E-state index < -0.39 is 0 Å². The van der Waals surface area contributed by atoms with Crippen LogP contribution in [0.5, 0.6) is 5.75 Å². The minimum absolute atomic E-state index is 0.0543. The van der Waals surface area contributed by atoms with Crippen LogP contribution in [0, 0.1) is 0 Å². The summed E-state index contributed by atoms with van der Waals surface area (Å²) in [4.78, 5) is 27.8. The van der Waals surface area contributed by atoms with Crippen molar-refractivity contribution in [2.45, 2.75) is 52.4 Å². The van der Waals surface area contributed by atoms with E-state index in [0.717, 1.165) is 50.0 Å². The molecule has 190 valence electrons. The number of anilines is 1. The molecule has 1 aliphatic rings. The van der Waals surface area contributed by atoms with Crippen LogP contribution in [0.15, 0.2) is 48.5 Å². The van der Waals surface area contributed by atoms with Crippen molar-refractivity contribution in [3.8, 4) is 5.75 Å². The highest BCUT2D eigenvalue weighted by atomic mass is 16.5. The zero-order valence-corrected chi connectivity index (χ0v) is 21.7. The van der Waals surface area contributed by atoms with E-state index in [2.05, 4.69) is 26.2 Å². The first-order valence-corrected chi connectivity index (χ1v) is 13.2. The summed E-state index contributed by atoms with van der Waals surface area (Å²) in [7, 11) is 2.25. The molecule has 0 aromatic heterocycles. The van der Waals surface area contributed by atoms with E-state index in [4.69, 9.17) is 4.74 Å². The number of hydrogen-bond acceptors (Lipinski definition) is 3. The van der Waals surface area contributed by atoms with Crippen molar-refractivity contribution >= 4 is 17.5 Å². The molecule has 1 N–H and O–H groups in total. The van der Waals surface area contributed by atoms with Gasteiger partial charge in [-0.25, -0.2) is 0 Å². The van der Waals surface area contributed by atoms with Crippen LogP contribution in [-0.2, 0) is 0 Å². The molecule has 0 spiro atoms. The van der Waals surface area contributed by atoms with E-state index in [0.29, 0.717) is 29.2 Å². The summed E-state index contributed by atoms with van der Waals surface area (Å²) in [6, 6.07) is 14.5. The Hall–Kier alpha value is -2.86. The number of para-hydroxylation sites is 1. The van der Waals surface area contributed by atoms with Crippen molar-refractivity contribution in [2.75, 3.05) is 51.7 Å². The summed E-state index contributed by atoms with van der Waals surface area (Å²) in [6.45, 7) is 9.63. The molecule has 0 aliphatic carbocycles. The van der Waals surface area contributed by atoms with Gasteiger partial charge in [-0.2, -0.15) is 0 Å². The van der Waals surface area contributed by atoms with Crippen molar-refractivity contribution in [3.63, 3.8) is 0 Å². The first-order chi connectivity index (χ1) is 17.0. The second-order valence-corrected chi connectivity index (χ2v) is 9.82. The Kier molecular flexibility index (Phi) is 10.2. The van der Waals surface area contributed by atoms with Crippen molar-refractivity contribution in [1.29, 1.82) is 0 Å². The average Bonchev–Trinajstić information content (AvgIpc) is 2.89. The van der Waals surface area contributed by atoms with Crippen LogP contribution in [0.4, 0.5) is 5.69 Å². The van der Waals surface area contributed by atoms with Crippen LogP contribution >= 0.6 is 0 Å². The maximum atomic E-state index is 12.9. The number of hydrogen-bond donors (Lipinski definition) is 1. The third-order valence-electron chi connectivity index (χ3n) is 7.15. The quantitative estimate of drug-likeness (QED) is 0.318. The number of ether oxygens (including phenoxy) is 1. The molecule has 1 aliphatic heterocycles. The Morgan fingerprint density at radius 2 is 1.57 bits per heavy atom. The summed E-state index contributed by atoms with van der Waals surface area (Å²) in [5, 5.41) is 2.94. The fourth-order valence-electron chi connectivity index (χ4n) is 4.39. The van der Waals surface area contributed by atoms with Crippen LogP contribution in [-0.4, -0.2) is 67.6 Å². The lowest BCUT2D eigenvalue weighted by atomic mass is 10.1. The molecule has 0 bridgehead atoms. The topological polar surface area (TPSA) is 58.6 Å². The number of carbonyl (C=O) groups excluding carboxylic acids is 2. The minimum Gasteiger partial charge on any atom is -0.493 e. The van der Waals surface area contributed by atoms with Crippen LogP contribution in [0.2, 0.25) is 0 Å². The zero-order valence-electron chi connectivity index (χ0n) is 21.7. The van der Waals surface area contributed by atoms with E-state index in [1.165, 1.54) is 25.7 Å². The molecule has 6 nitrogen and oxygen atoms in total. The maximum Gasteiger partial charge on any atom is 0.259 e. The van der Waals surface area contributed by atoms with Crippen LogP contribution in [0.1, 0.15) is 73.1 Å². The third-order valence-corrected chi connectivity index (χ3v) is 7.15. The lowest BCUT2D eigenvalue weighted by Gasteiger charge is -2.41. The summed E-state index contributed by atoms with van der Waals surface area (Å²) in [5.41, 5.74) is 1.83. The Balaban J connectivity index is 1.52. The normalized spacial score (nSPS) is 15.0. The minimum atomic E-state index is -0.213. The van der Waals surface area contributed by atoms with E-state index in [-0.39, 0.29) is 11.8 Å². The number of nitrogens with one attached hydrogen (secondary N) is 1. The Morgan fingerprint density at radius 1 is 0.914 bits per heavy atom. The SMILES string of the molecule is CCCCCCCCOc1ccccc1C(=O)Nc1ccc(C(=O)N2CC[N+](C)(CC)CC2)cc1. The number of rotatable bonds is 12. The molecule has 0 unspecified atom stereocenters. The highest BCUT2D eigenvalue weighted by molar-refractivity contribution is 6.06. The lowest BCUT2D eigenvalue weighted by molar-refractivity contribution is -0.911. The first-order valence-electron chi connectivity index (χ1n) is 13.2. The van der Waals surface area contributed by atoms with Gasteiger partial charge in [-0.05, 0) is 49.7 Å². The van der Waals surface area contributed by atoms with Crippen molar-refractivity contribution in [2.24, 2.45) is 0 Å². The standard InChI is InChI=1S/C29H41N3O3/c1-4-6-7-8-9-12-23-35-27-14-11-10-13-26(27)28(33)30-25-17-15-24(16-18-25)29(34)31-19-21-32(3,5-2)22-20-31/h10-11,13-18H,4-9,12,19-23H2,1-3H3/p+1. The molecule has 6 heteroatoms. The molecule has 0 atom stereocenters. The van der Waals surface area contributed by atoms with Gasteiger partial charge in [-0.15, -0.1) is 0 Å². The molecule has 1 fully saturated rings. The first kappa shape index (κ1) is 26.7. The lowest BCUT2D eigenvalue weighted by Crippen LogP contribution is -2.58. The molecule has 2 aromatic rings. The van der Waals surface area contributed by atoms with E-state index in [9.17, 15) is 9.59 Å². The predicted octanol–water partition coefficient (Wildman–Crippen LogP) is 5.60. The number of piperazine rings is 1. The molecule has 2 amide bonds. The Bertz CT molecular complexity index is 950. The molecule has 35 heavy (non-hydrogen) atoms. The number of benzene rings is 2. The van der Waals surface area contributed by atoms with Crippen LogP contribution in [0.25, 0.3) is 0 Å². The highest BCUT2D eigenvalue weighted by Crippen LogP contribution is 2.21. The second kappa shape index (κ2) is 13.3. The third kappa shape index (κ3) is 7.82. The molecular weight excluding hydrogens is 438 g/mol. The Morgan fingerprint density at radius 3 is 2.26 bits per heavy atom. The summed E-state index contributed by atoms with van der Waals surface area (Å²) in [5.74, 6) is 0.446. The molecule has 2 aromatic carbocycles. The van der Waals surface area contributed by atoms with Gasteiger partial charge < -0.3 is 19.4 Å². The van der Waals surface area contributed by atoms with Crippen molar-refractivity contribution in [3.05, 3.63) is 59.7 Å². The largest absolute Gasteiger partial charge is 0.493 e. The summed E-state index contributed by atoms with van der Waals surface area (Å²) in [6.07, 6.45) is 7.17. The number of likely N-dealkylation sites (N-methyl/N-ethyl adjacent to an activating group) is 1. The number of quaternary nitrogens is 1. The number of amides is 2. The summed E-state index contributed by atoms with van der Waals surface area (Å²) < 4.78 is 6.94. The smallest absolute Gasteiger partial charge is 0.259 e. The predicted molar refractivity (Wildman–Crippen MR) is 142 cm³/mol. The molecule has 0 radical (unpaired) electrons. The van der Waals surface area contributed by atoms with Gasteiger partial charge in [0.2, 0.25) is 0 Å². The molecule has 1 saturated heterocycles. The second-order valence-electron chi connectivity index (χ2n) is 9.82. The van der Waals surface area contributed by atoms with Gasteiger partial charge in [-0.3, -0.25) is 9.59 Å². The van der Waals surface area contributed by atoms with Crippen molar-refractivity contribution < 1.29 is 18.8 Å². The number of unbranched alkanes of at least 4 members (excludes halogenated alkanes) is 5. The van der Waals surface area contributed by atoms with Gasteiger partial charge in [0, 0.05) is 11.3 Å². The molecule has 3 rings (SSSR count). The average molecular weight is 481 g/mol. The maximum absolute atomic E-state index is 12.9. The number of carbonyl (C=O) groups is 2. The van der Waals surface area contributed by atoms with Gasteiger partial charge in [0.1, 0.15) is 5.75 Å². The van der Waals surface area contributed by atoms with E-state index >= 15 is 0 Å². The van der Waals surface area contributed by atoms with Crippen LogP contribution < -0.4 is 10.1 Å². The molecular formula is C29H42N3O3+. The van der Waals surface area contributed by atoms with Gasteiger partial charge >= 0.3 is 0 Å². The summed E-state index contributed by atoms with van der Waals surface area (Å²) >= 11 is 0. The zero-order chi connectivity index (χ0) is 25.1. The van der Waals surface area contributed by atoms with Gasteiger partial charge in [0.25, 0.3) is 11.8 Å². The monoisotopic (exact) mass is 480 g/mol. The highest BCUT2D eigenvalue weighted by Gasteiger charge is 2.29. The van der Waals surface area contributed by atoms with E-state index in [1.807, 2.05) is 23.1 Å². The number of nitrogens with zero attached hydrogens (tertiary/aromatic N) is 2. The van der Waals surface area contributed by atoms with Gasteiger partial charge in [-0.1, -0.05) is 51.2 Å².